The van der Waals surface area contributed by atoms with E-state index < -0.39 is 21.7 Å². The number of nitrogens with one attached hydrogen (secondary N) is 3. The van der Waals surface area contributed by atoms with Crippen LogP contribution in [0.1, 0.15) is 20.8 Å². The number of para-hydroxylation sites is 1. The van der Waals surface area contributed by atoms with Crippen molar-refractivity contribution in [3.8, 4) is 11.4 Å². The van der Waals surface area contributed by atoms with Crippen molar-refractivity contribution >= 4 is 33.2 Å². The average molecular weight is 511 g/mol. The van der Waals surface area contributed by atoms with Crippen LogP contribution >= 0.6 is 0 Å². The van der Waals surface area contributed by atoms with Crippen molar-refractivity contribution in [3.05, 3.63) is 71.9 Å². The summed E-state index contributed by atoms with van der Waals surface area (Å²) in [5.74, 6) is -0.292. The molecule has 0 aliphatic carbocycles. The van der Waals surface area contributed by atoms with Gasteiger partial charge in [-0.1, -0.05) is 42.5 Å². The van der Waals surface area contributed by atoms with E-state index in [1.807, 2.05) is 49.3 Å². The van der Waals surface area contributed by atoms with Gasteiger partial charge in [0.25, 0.3) is 11.8 Å². The molecule has 3 N–H and O–H groups in total. The van der Waals surface area contributed by atoms with Gasteiger partial charge in [0.1, 0.15) is 21.3 Å². The van der Waals surface area contributed by atoms with Crippen LogP contribution in [0.15, 0.2) is 60.7 Å². The monoisotopic (exact) mass is 510 g/mol. The summed E-state index contributed by atoms with van der Waals surface area (Å²) < 4.78 is 22.7. The molecule has 0 saturated heterocycles. The van der Waals surface area contributed by atoms with Gasteiger partial charge in [0, 0.05) is 37.5 Å². The van der Waals surface area contributed by atoms with E-state index in [4.69, 9.17) is 0 Å². The Bertz CT molecular complexity index is 1310. The number of sulfone groups is 1. The standard InChI is InChI=1S/C25H30N6O4S/c1-31(2)15-13-26-22-17-21(28-23(30-22)18-9-5-4-6-10-18)25(33)29-20-12-8-7-11-19(20)24(32)27-14-16-36(3,34)35/h4-12,17H,13-16H2,1-3H3,(H,27,32)(H,29,33)(H,26,28,30). The van der Waals surface area contributed by atoms with Gasteiger partial charge in [0.15, 0.2) is 5.82 Å². The Labute approximate surface area is 211 Å². The van der Waals surface area contributed by atoms with Crippen molar-refractivity contribution in [1.29, 1.82) is 0 Å². The lowest BCUT2D eigenvalue weighted by atomic mass is 10.1. The van der Waals surface area contributed by atoms with Gasteiger partial charge in [0.05, 0.1) is 17.0 Å². The summed E-state index contributed by atoms with van der Waals surface area (Å²) in [6, 6.07) is 17.4. The van der Waals surface area contributed by atoms with Crippen LogP contribution in [0.3, 0.4) is 0 Å². The van der Waals surface area contributed by atoms with Crippen molar-refractivity contribution in [1.82, 2.24) is 20.2 Å². The van der Waals surface area contributed by atoms with E-state index in [0.29, 0.717) is 18.2 Å². The van der Waals surface area contributed by atoms with E-state index in [1.54, 1.807) is 30.3 Å². The zero-order valence-corrected chi connectivity index (χ0v) is 21.3. The number of carbonyl (C=O) groups is 2. The molecule has 0 aliphatic rings. The predicted octanol–water partition coefficient (Wildman–Crippen LogP) is 2.14. The fraction of sp³-hybridized carbons (Fsp3) is 0.280. The lowest BCUT2D eigenvalue weighted by molar-refractivity contribution is 0.0957. The molecule has 0 unspecified atom stereocenters. The van der Waals surface area contributed by atoms with Crippen molar-refractivity contribution in [2.24, 2.45) is 0 Å². The predicted molar refractivity (Wildman–Crippen MR) is 141 cm³/mol. The molecule has 1 aromatic heterocycles. The number of hydrogen-bond donors (Lipinski definition) is 3. The maximum atomic E-state index is 13.2. The first-order chi connectivity index (χ1) is 17.1. The van der Waals surface area contributed by atoms with Crippen molar-refractivity contribution in [2.75, 3.05) is 56.4 Å². The first-order valence-corrected chi connectivity index (χ1v) is 13.4. The topological polar surface area (TPSA) is 133 Å². The first-order valence-electron chi connectivity index (χ1n) is 11.3. The summed E-state index contributed by atoms with van der Waals surface area (Å²) in [4.78, 5) is 36.9. The molecule has 190 valence electrons. The second-order valence-corrected chi connectivity index (χ2v) is 10.7. The van der Waals surface area contributed by atoms with Crippen LogP contribution in [0.4, 0.5) is 11.5 Å². The zero-order valence-electron chi connectivity index (χ0n) is 20.5. The molecule has 2 amide bonds. The number of rotatable bonds is 11. The SMILES string of the molecule is CN(C)CCNc1cc(C(=O)Nc2ccccc2C(=O)NCCS(C)(=O)=O)nc(-c2ccccc2)n1. The Morgan fingerprint density at radius 3 is 2.31 bits per heavy atom. The lowest BCUT2D eigenvalue weighted by Gasteiger charge is -2.14. The van der Waals surface area contributed by atoms with E-state index in [-0.39, 0.29) is 29.2 Å². The minimum absolute atomic E-state index is 0.0335. The van der Waals surface area contributed by atoms with Crippen LogP contribution in [-0.4, -0.2) is 80.8 Å². The number of anilines is 2. The smallest absolute Gasteiger partial charge is 0.274 e. The van der Waals surface area contributed by atoms with Gasteiger partial charge in [-0.05, 0) is 26.2 Å². The highest BCUT2D eigenvalue weighted by Crippen LogP contribution is 2.20. The molecule has 3 rings (SSSR count). The quantitative estimate of drug-likeness (QED) is 0.357. The summed E-state index contributed by atoms with van der Waals surface area (Å²) in [5.41, 5.74) is 1.37. The van der Waals surface area contributed by atoms with Crippen LogP contribution in [0.2, 0.25) is 0 Å². The number of carbonyl (C=O) groups excluding carboxylic acids is 2. The Kier molecular flexibility index (Phi) is 9.09. The van der Waals surface area contributed by atoms with Crippen molar-refractivity contribution < 1.29 is 18.0 Å². The first kappa shape index (κ1) is 26.8. The molecule has 0 spiro atoms. The highest BCUT2D eigenvalue weighted by molar-refractivity contribution is 7.90. The molecule has 0 fully saturated rings. The van der Waals surface area contributed by atoms with Gasteiger partial charge in [0.2, 0.25) is 0 Å². The number of nitrogens with zero attached hydrogens (tertiary/aromatic N) is 3. The van der Waals surface area contributed by atoms with Gasteiger partial charge in [-0.25, -0.2) is 18.4 Å². The second kappa shape index (κ2) is 12.2. The maximum Gasteiger partial charge on any atom is 0.274 e. The number of hydrogen-bond acceptors (Lipinski definition) is 8. The largest absolute Gasteiger partial charge is 0.369 e. The van der Waals surface area contributed by atoms with Gasteiger partial charge in [-0.3, -0.25) is 9.59 Å². The van der Waals surface area contributed by atoms with E-state index in [0.717, 1.165) is 18.4 Å². The molecule has 1 heterocycles. The molecule has 0 radical (unpaired) electrons. The Morgan fingerprint density at radius 1 is 0.917 bits per heavy atom. The maximum absolute atomic E-state index is 13.2. The molecule has 0 aliphatic heterocycles. The van der Waals surface area contributed by atoms with E-state index in [9.17, 15) is 18.0 Å². The van der Waals surface area contributed by atoms with Crippen LogP contribution in [0, 0.1) is 0 Å². The second-order valence-electron chi connectivity index (χ2n) is 8.44. The highest BCUT2D eigenvalue weighted by Gasteiger charge is 2.17. The third kappa shape index (κ3) is 8.14. The van der Waals surface area contributed by atoms with Crippen molar-refractivity contribution in [3.63, 3.8) is 0 Å². The molecule has 2 aromatic carbocycles. The number of benzene rings is 2. The highest BCUT2D eigenvalue weighted by atomic mass is 32.2. The molecule has 0 saturated carbocycles. The fourth-order valence-electron chi connectivity index (χ4n) is 3.20. The van der Waals surface area contributed by atoms with Gasteiger partial charge in [-0.15, -0.1) is 0 Å². The van der Waals surface area contributed by atoms with E-state index in [2.05, 4.69) is 25.9 Å². The van der Waals surface area contributed by atoms with Gasteiger partial charge in [-0.2, -0.15) is 0 Å². The normalized spacial score (nSPS) is 11.2. The summed E-state index contributed by atoms with van der Waals surface area (Å²) in [6.07, 6.45) is 1.10. The summed E-state index contributed by atoms with van der Waals surface area (Å²) in [7, 11) is 0.709. The third-order valence-electron chi connectivity index (χ3n) is 5.03. The average Bonchev–Trinajstić information content (AvgIpc) is 2.83. The van der Waals surface area contributed by atoms with Crippen LogP contribution in [-0.2, 0) is 9.84 Å². The molecule has 0 atom stereocenters. The van der Waals surface area contributed by atoms with Crippen molar-refractivity contribution in [2.45, 2.75) is 0 Å². The Hall–Kier alpha value is -3.83. The van der Waals surface area contributed by atoms with Gasteiger partial charge < -0.3 is 20.9 Å². The van der Waals surface area contributed by atoms with E-state index in [1.165, 1.54) is 0 Å². The molecular weight excluding hydrogens is 480 g/mol. The summed E-state index contributed by atoms with van der Waals surface area (Å²) in [6.45, 7) is 1.36. The molecule has 3 aromatic rings. The number of amides is 2. The van der Waals surface area contributed by atoms with Crippen LogP contribution in [0.25, 0.3) is 11.4 Å². The summed E-state index contributed by atoms with van der Waals surface area (Å²) in [5, 5.41) is 8.55. The molecule has 11 heteroatoms. The van der Waals surface area contributed by atoms with Crippen LogP contribution in [0.5, 0.6) is 0 Å². The minimum atomic E-state index is -3.22. The summed E-state index contributed by atoms with van der Waals surface area (Å²) >= 11 is 0. The third-order valence-corrected chi connectivity index (χ3v) is 5.98. The van der Waals surface area contributed by atoms with Crippen LogP contribution < -0.4 is 16.0 Å². The zero-order chi connectivity index (χ0) is 26.1. The number of likely N-dealkylation sites (N-methyl/N-ethyl adjacent to an activating group) is 1. The Morgan fingerprint density at radius 2 is 1.61 bits per heavy atom. The molecule has 10 nitrogen and oxygen atoms in total. The fourth-order valence-corrected chi connectivity index (χ4v) is 3.67. The Balaban J connectivity index is 1.84. The molecule has 0 bridgehead atoms. The molecule has 36 heavy (non-hydrogen) atoms. The molecular formula is C25H30N6O4S. The van der Waals surface area contributed by atoms with E-state index >= 15 is 0 Å². The van der Waals surface area contributed by atoms with Gasteiger partial charge >= 0.3 is 0 Å². The minimum Gasteiger partial charge on any atom is -0.369 e. The number of aromatic nitrogens is 2. The lowest BCUT2D eigenvalue weighted by Crippen LogP contribution is -2.29.